The highest BCUT2D eigenvalue weighted by atomic mass is 16.5. The van der Waals surface area contributed by atoms with Crippen LogP contribution in [0.2, 0.25) is 0 Å². The first-order valence-electron chi connectivity index (χ1n) is 30.3. The summed E-state index contributed by atoms with van der Waals surface area (Å²) in [5.41, 5.74) is 21.4. The Morgan fingerprint density at radius 1 is 0.424 bits per heavy atom. The van der Waals surface area contributed by atoms with Gasteiger partial charge in [-0.2, -0.15) is 0 Å². The molecule has 0 unspecified atom stereocenters. The van der Waals surface area contributed by atoms with E-state index < -0.39 is 23.6 Å². The molecule has 0 aliphatic heterocycles. The normalized spacial score (nSPS) is 11.3. The lowest BCUT2D eigenvalue weighted by Gasteiger charge is -2.11. The topological polar surface area (TPSA) is 269 Å². The third-order valence-corrected chi connectivity index (χ3v) is 14.5. The van der Waals surface area contributed by atoms with Crippen molar-refractivity contribution in [2.45, 2.75) is 86.0 Å². The summed E-state index contributed by atoms with van der Waals surface area (Å²) >= 11 is 0. The van der Waals surface area contributed by atoms with Crippen LogP contribution in [0.15, 0.2) is 201 Å². The van der Waals surface area contributed by atoms with E-state index in [9.17, 15) is 19.2 Å². The number of nitrogens with one attached hydrogen (secondary N) is 4. The smallest absolute Gasteiger partial charge is 0.267 e. The van der Waals surface area contributed by atoms with Gasteiger partial charge in [0.15, 0.2) is 0 Å². The van der Waals surface area contributed by atoms with Gasteiger partial charge in [-0.15, -0.1) is 0 Å². The minimum atomic E-state index is -0.560. The number of hydroxylamine groups is 4. The van der Waals surface area contributed by atoms with Crippen LogP contribution in [0, 0.1) is 5.92 Å². The molecule has 8 N–H and O–H groups in total. The Bertz CT molecular complexity index is 4350. The van der Waals surface area contributed by atoms with E-state index in [1.165, 1.54) is 41.0 Å². The molecule has 0 atom stereocenters. The SMILES string of the molecule is CC(C)Cc1nc2cc(/C=C/C(=O)NO)ccc2n1Cc1ccccc1.CCCn1c(CCc2ccccc2)nc2cc(/C=C/C(=O)NO)ccc21.CCCn1cnc2cc(/C=C/C(=O)NO)ccc21.O=C(/C=C/c1ccc2c(c1)ncn2Cc1ccccc1)NO. The van der Waals surface area contributed by atoms with Crippen molar-refractivity contribution in [3.63, 3.8) is 0 Å². The number of rotatable bonds is 21. The fraction of sp³-hybridized carbons (Fsp3) is 0.194. The zero-order chi connectivity index (χ0) is 65.2. The van der Waals surface area contributed by atoms with E-state index in [0.717, 1.165) is 136 Å². The van der Waals surface area contributed by atoms with E-state index in [2.05, 4.69) is 104 Å². The zero-order valence-electron chi connectivity index (χ0n) is 51.8. The Balaban J connectivity index is 0.000000159. The number of hydrogen-bond acceptors (Lipinski definition) is 12. The lowest BCUT2D eigenvalue weighted by Crippen LogP contribution is -2.14. The van der Waals surface area contributed by atoms with Gasteiger partial charge in [-0.3, -0.25) is 40.0 Å². The monoisotopic (exact) mass is 1240 g/mol. The second kappa shape index (κ2) is 34.2. The summed E-state index contributed by atoms with van der Waals surface area (Å²) in [4.78, 5) is 62.6. The van der Waals surface area contributed by atoms with Crippen LogP contribution in [0.4, 0.5) is 0 Å². The maximum Gasteiger partial charge on any atom is 0.267 e. The van der Waals surface area contributed by atoms with Crippen molar-refractivity contribution in [3.05, 3.63) is 251 Å². The van der Waals surface area contributed by atoms with Gasteiger partial charge in [0.2, 0.25) is 0 Å². The van der Waals surface area contributed by atoms with Gasteiger partial charge in [-0.25, -0.2) is 41.9 Å². The largest absolute Gasteiger partial charge is 0.331 e. The molecule has 0 saturated heterocycles. The lowest BCUT2D eigenvalue weighted by atomic mass is 10.1. The fourth-order valence-electron chi connectivity index (χ4n) is 10.2. The summed E-state index contributed by atoms with van der Waals surface area (Å²) in [6, 6.07) is 54.5. The first-order chi connectivity index (χ1) is 44.8. The molecule has 7 aromatic carbocycles. The minimum absolute atomic E-state index is 0.508. The molecule has 0 saturated carbocycles. The Kier molecular flexibility index (Phi) is 24.9. The molecule has 0 radical (unpaired) electrons. The Hall–Kier alpha value is -10.9. The highest BCUT2D eigenvalue weighted by Crippen LogP contribution is 2.25. The molecule has 0 bridgehead atoms. The standard InChI is InChI=1S/2C21H23N3O2.C17H15N3O2.C13H15N3O2/c1-15(2)12-20-22-18-13-16(9-11-21(25)23-26)8-10-19(18)24(20)14-17-6-4-3-5-7-17;1-2-14-24-19-11-8-17(10-13-21(25)23-26)15-18(19)22-20(24)12-9-16-6-4-3-5-7-16;21-17(19-22)9-7-13-6-8-16-15(10-13)18-12-20(16)11-14-4-2-1-3-5-14;1-2-7-16-9-14-11-8-10(3-5-12(11)16)4-6-13(17)15-18/h3-11,13,15,26H,12,14H2,1-2H3,(H,23,25);3-8,10-11,13,15,26H,2,9,12,14H2,1H3,(H,23,25);1-10,12,22H,11H2,(H,19,21);3-6,8-9,18H,2,7H2,1H3,(H,15,17)/b11-9+;13-10+;9-7+;6-4+. The summed E-state index contributed by atoms with van der Waals surface area (Å²) in [5, 5.41) is 34.0. The number of hydrogen-bond donors (Lipinski definition) is 8. The number of imidazole rings is 4. The maximum atomic E-state index is 11.2. The number of fused-ring (bicyclic) bond motifs is 4. The Morgan fingerprint density at radius 2 is 0.804 bits per heavy atom. The van der Waals surface area contributed by atoms with E-state index in [-0.39, 0.29) is 0 Å². The zero-order valence-corrected chi connectivity index (χ0v) is 51.8. The van der Waals surface area contributed by atoms with Gasteiger partial charge in [0.1, 0.15) is 11.6 Å². The Morgan fingerprint density at radius 3 is 1.24 bits per heavy atom. The molecular formula is C72H76N12O8. The number of aryl methyl sites for hydroxylation is 4. The van der Waals surface area contributed by atoms with Crippen molar-refractivity contribution in [1.82, 2.24) is 60.1 Å². The van der Waals surface area contributed by atoms with E-state index in [0.29, 0.717) is 5.92 Å². The first kappa shape index (κ1) is 67.0. The third kappa shape index (κ3) is 19.3. The number of aromatic nitrogens is 8. The second-order valence-electron chi connectivity index (χ2n) is 21.9. The summed E-state index contributed by atoms with van der Waals surface area (Å²) in [6.07, 6.45) is 20.2. The molecule has 472 valence electrons. The van der Waals surface area contributed by atoms with Gasteiger partial charge >= 0.3 is 0 Å². The molecule has 92 heavy (non-hydrogen) atoms. The summed E-state index contributed by atoms with van der Waals surface area (Å²) in [6.45, 7) is 12.1. The number of nitrogens with zero attached hydrogens (tertiary/aromatic N) is 8. The number of carbonyl (C=O) groups is 4. The lowest BCUT2D eigenvalue weighted by molar-refractivity contribution is -0.124. The van der Waals surface area contributed by atoms with Gasteiger partial charge in [-0.05, 0) is 137 Å². The van der Waals surface area contributed by atoms with Gasteiger partial charge < -0.3 is 18.3 Å². The van der Waals surface area contributed by atoms with Crippen molar-refractivity contribution < 1.29 is 40.0 Å². The van der Waals surface area contributed by atoms with Crippen LogP contribution in [0.1, 0.15) is 91.1 Å². The van der Waals surface area contributed by atoms with E-state index in [4.69, 9.17) is 30.8 Å². The van der Waals surface area contributed by atoms with Crippen molar-refractivity contribution in [1.29, 1.82) is 0 Å². The van der Waals surface area contributed by atoms with Crippen molar-refractivity contribution in [3.8, 4) is 0 Å². The number of benzene rings is 7. The van der Waals surface area contributed by atoms with Gasteiger partial charge in [0.05, 0.1) is 56.8 Å². The van der Waals surface area contributed by atoms with Crippen LogP contribution in [0.5, 0.6) is 0 Å². The quantitative estimate of drug-likeness (QED) is 0.0190. The van der Waals surface area contributed by atoms with Gasteiger partial charge in [0, 0.05) is 63.3 Å². The van der Waals surface area contributed by atoms with Crippen LogP contribution in [-0.4, -0.2) is 82.7 Å². The minimum Gasteiger partial charge on any atom is -0.331 e. The van der Waals surface area contributed by atoms with Crippen molar-refractivity contribution >= 4 is 92.1 Å². The molecule has 20 nitrogen and oxygen atoms in total. The average molecular weight is 1240 g/mol. The Labute approximate surface area is 533 Å². The van der Waals surface area contributed by atoms with Crippen LogP contribution in [0.3, 0.4) is 0 Å². The van der Waals surface area contributed by atoms with Gasteiger partial charge in [-0.1, -0.05) is 143 Å². The average Bonchev–Trinajstić information content (AvgIpc) is 2.23. The van der Waals surface area contributed by atoms with Crippen LogP contribution >= 0.6 is 0 Å². The molecule has 0 aliphatic rings. The predicted octanol–water partition coefficient (Wildman–Crippen LogP) is 12.1. The molecule has 11 aromatic rings. The van der Waals surface area contributed by atoms with Crippen molar-refractivity contribution in [2.75, 3.05) is 0 Å². The molecule has 0 spiro atoms. The molecule has 0 fully saturated rings. The van der Waals surface area contributed by atoms with Crippen LogP contribution < -0.4 is 21.9 Å². The molecule has 0 aliphatic carbocycles. The highest BCUT2D eigenvalue weighted by Gasteiger charge is 2.15. The third-order valence-electron chi connectivity index (χ3n) is 14.5. The van der Waals surface area contributed by atoms with Gasteiger partial charge in [0.25, 0.3) is 23.6 Å². The fourth-order valence-corrected chi connectivity index (χ4v) is 10.2. The predicted molar refractivity (Wildman–Crippen MR) is 359 cm³/mol. The number of amides is 4. The highest BCUT2D eigenvalue weighted by molar-refractivity contribution is 5.94. The molecule has 11 rings (SSSR count). The van der Waals surface area contributed by atoms with Crippen LogP contribution in [0.25, 0.3) is 68.4 Å². The first-order valence-corrected chi connectivity index (χ1v) is 30.3. The van der Waals surface area contributed by atoms with Crippen molar-refractivity contribution in [2.24, 2.45) is 5.92 Å². The van der Waals surface area contributed by atoms with E-state index in [1.54, 1.807) is 46.2 Å². The summed E-state index contributed by atoms with van der Waals surface area (Å²) in [5.74, 6) is 0.439. The number of carbonyl (C=O) groups excluding carboxylic acids is 4. The summed E-state index contributed by atoms with van der Waals surface area (Å²) < 4.78 is 8.73. The van der Waals surface area contributed by atoms with Crippen LogP contribution in [-0.2, 0) is 64.6 Å². The molecule has 20 heteroatoms. The molecule has 4 aromatic heterocycles. The molecule has 4 amide bonds. The second-order valence-corrected chi connectivity index (χ2v) is 21.9. The maximum absolute atomic E-state index is 11.2. The molecular weight excluding hydrogens is 1160 g/mol. The van der Waals surface area contributed by atoms with E-state index in [1.807, 2.05) is 128 Å². The summed E-state index contributed by atoms with van der Waals surface area (Å²) in [7, 11) is 0. The molecule has 4 heterocycles. The van der Waals surface area contributed by atoms with E-state index >= 15 is 0 Å².